The maximum Gasteiger partial charge on any atom is -0.0134 e. The summed E-state index contributed by atoms with van der Waals surface area (Å²) >= 11 is -2.03. The Morgan fingerprint density at radius 2 is 0.262 bits per heavy atom. The summed E-state index contributed by atoms with van der Waals surface area (Å²) in [5, 5.41) is 12.6. The number of rotatable bonds is 9. The first-order valence-electron chi connectivity index (χ1n) is 19.7. The van der Waals surface area contributed by atoms with Gasteiger partial charge in [0.2, 0.25) is 0 Å². The van der Waals surface area contributed by atoms with Gasteiger partial charge in [0.1, 0.15) is 0 Å². The number of halogens is 3. The monoisotopic (exact) mass is 1010 g/mol. The smallest absolute Gasteiger partial charge is 0.0134 e. The maximum atomic E-state index is 4.99. The average molecular weight is 1010 g/mol. The van der Waals surface area contributed by atoms with Gasteiger partial charge in [0, 0.05) is 0 Å². The minimum Gasteiger partial charge on any atom is -0.0622 e. The Morgan fingerprint density at radius 3 is 0.344 bits per heavy atom. The fourth-order valence-corrected chi connectivity index (χ4v) is 13.5. The van der Waals surface area contributed by atoms with Gasteiger partial charge in [0.05, 0.1) is 0 Å². The molecule has 0 bridgehead atoms. The SMILES string of the molecule is [Cl][Sb]([Cl])[Cl].c1ccc(P(c2ccccc2)c2ccccc2)cc1.c1ccc(P(c2ccccc2)c2ccccc2)cc1.c1ccc(P(c2ccccc2)c2ccccc2)cc1. The van der Waals surface area contributed by atoms with Crippen molar-refractivity contribution in [2.75, 3.05) is 0 Å². The summed E-state index contributed by atoms with van der Waals surface area (Å²) in [5.41, 5.74) is 0. The van der Waals surface area contributed by atoms with Crippen LogP contribution in [0, 0.1) is 0 Å². The molecule has 0 radical (unpaired) electrons. The van der Waals surface area contributed by atoms with Gasteiger partial charge in [-0.3, -0.25) is 0 Å². The molecule has 9 aromatic carbocycles. The zero-order chi connectivity index (χ0) is 42.3. The first kappa shape index (κ1) is 46.5. The van der Waals surface area contributed by atoms with E-state index < -0.39 is 40.5 Å². The van der Waals surface area contributed by atoms with Crippen LogP contribution in [0.25, 0.3) is 0 Å². The first-order chi connectivity index (χ1) is 30.1. The Balaban J connectivity index is 0.000000146. The molecule has 0 nitrogen and oxygen atoms in total. The van der Waals surface area contributed by atoms with Crippen LogP contribution in [0.2, 0.25) is 0 Å². The number of hydrogen-bond donors (Lipinski definition) is 0. The zero-order valence-electron chi connectivity index (χ0n) is 33.4. The Kier molecular flexibility index (Phi) is 20.1. The van der Waals surface area contributed by atoms with E-state index in [2.05, 4.69) is 273 Å². The van der Waals surface area contributed by atoms with E-state index in [1.807, 2.05) is 0 Å². The molecular formula is C54H45Cl3P3Sb. The van der Waals surface area contributed by atoms with Gasteiger partial charge in [0.25, 0.3) is 0 Å². The van der Waals surface area contributed by atoms with Crippen LogP contribution < -0.4 is 47.7 Å². The van der Waals surface area contributed by atoms with Crippen LogP contribution in [0.5, 0.6) is 0 Å². The predicted octanol–water partition coefficient (Wildman–Crippen LogP) is 12.0. The Bertz CT molecular complexity index is 1930. The maximum absolute atomic E-state index is 4.99. The van der Waals surface area contributed by atoms with E-state index in [0.29, 0.717) is 0 Å². The molecule has 0 atom stereocenters. The Labute approximate surface area is 384 Å². The molecule has 7 heteroatoms. The van der Waals surface area contributed by atoms with Crippen LogP contribution in [-0.2, 0) is 0 Å². The second-order valence-electron chi connectivity index (χ2n) is 13.2. The summed E-state index contributed by atoms with van der Waals surface area (Å²) in [4.78, 5) is 0. The van der Waals surface area contributed by atoms with Gasteiger partial charge in [0.15, 0.2) is 0 Å². The summed E-state index contributed by atoms with van der Waals surface area (Å²) in [6, 6.07) is 97.0. The van der Waals surface area contributed by atoms with Crippen molar-refractivity contribution in [3.63, 3.8) is 0 Å². The van der Waals surface area contributed by atoms with Gasteiger partial charge in [-0.25, -0.2) is 0 Å². The molecule has 302 valence electrons. The summed E-state index contributed by atoms with van der Waals surface area (Å²) in [6.07, 6.45) is 0. The van der Waals surface area contributed by atoms with Crippen LogP contribution in [0.1, 0.15) is 0 Å². The minimum atomic E-state index is -2.03. The molecule has 0 fully saturated rings. The third-order valence-corrected chi connectivity index (χ3v) is 16.5. The van der Waals surface area contributed by atoms with Crippen LogP contribution in [0.15, 0.2) is 273 Å². The molecule has 61 heavy (non-hydrogen) atoms. The van der Waals surface area contributed by atoms with E-state index in [9.17, 15) is 0 Å². The van der Waals surface area contributed by atoms with Gasteiger partial charge >= 0.3 is 43.3 Å². The molecule has 0 saturated heterocycles. The predicted molar refractivity (Wildman–Crippen MR) is 279 cm³/mol. The molecule has 9 aromatic rings. The van der Waals surface area contributed by atoms with E-state index in [1.165, 1.54) is 47.7 Å². The molecule has 0 amide bonds. The van der Waals surface area contributed by atoms with Gasteiger partial charge in [-0.2, -0.15) is 0 Å². The van der Waals surface area contributed by atoms with Crippen molar-refractivity contribution in [3.8, 4) is 0 Å². The second kappa shape index (κ2) is 26.4. The average Bonchev–Trinajstić information content (AvgIpc) is 3.33. The van der Waals surface area contributed by atoms with Gasteiger partial charge < -0.3 is 0 Å². The largest absolute Gasteiger partial charge is 0.0622 e. The standard InChI is InChI=1S/3C18H15P.3ClH.Sb/c3*1-4-10-16(11-5-1)19(17-12-6-2-7-13-17)18-14-8-3-9-15-18;;;;/h3*1-15H;3*1H;/q;;;;;;+3/p-3. The van der Waals surface area contributed by atoms with Crippen LogP contribution >= 0.6 is 50.3 Å². The Hall–Kier alpha value is -4.04. The quantitative estimate of drug-likeness (QED) is 0.0998. The number of hydrogen-bond acceptors (Lipinski definition) is 0. The Morgan fingerprint density at radius 1 is 0.180 bits per heavy atom. The van der Waals surface area contributed by atoms with E-state index in [-0.39, 0.29) is 0 Å². The molecule has 0 aliphatic heterocycles. The van der Waals surface area contributed by atoms with E-state index >= 15 is 0 Å². The van der Waals surface area contributed by atoms with Crippen molar-refractivity contribution in [2.45, 2.75) is 0 Å². The fraction of sp³-hybridized carbons (Fsp3) is 0. The number of benzene rings is 9. The molecule has 9 rings (SSSR count). The second-order valence-corrected chi connectivity index (χ2v) is 31.3. The summed E-state index contributed by atoms with van der Waals surface area (Å²) in [6.45, 7) is 0. The van der Waals surface area contributed by atoms with Gasteiger partial charge in [-0.1, -0.05) is 273 Å². The molecule has 0 heterocycles. The normalized spacial score (nSPS) is 10.5. The van der Waals surface area contributed by atoms with Crippen LogP contribution in [-0.4, -0.2) is 16.8 Å². The van der Waals surface area contributed by atoms with Crippen molar-refractivity contribution in [2.24, 2.45) is 0 Å². The van der Waals surface area contributed by atoms with Gasteiger partial charge in [-0.15, -0.1) is 0 Å². The fourth-order valence-electron chi connectivity index (χ4n) is 6.54. The van der Waals surface area contributed by atoms with Crippen molar-refractivity contribution in [3.05, 3.63) is 273 Å². The topological polar surface area (TPSA) is 0 Å². The molecule has 0 N–H and O–H groups in total. The minimum absolute atomic E-state index is 0.446. The first-order valence-corrected chi connectivity index (χ1v) is 33.4. The molecule has 0 aliphatic carbocycles. The van der Waals surface area contributed by atoms with Crippen molar-refractivity contribution in [1.29, 1.82) is 0 Å². The van der Waals surface area contributed by atoms with E-state index in [4.69, 9.17) is 26.5 Å². The van der Waals surface area contributed by atoms with Crippen LogP contribution in [0.3, 0.4) is 0 Å². The molecule has 0 spiro atoms. The summed E-state index contributed by atoms with van der Waals surface area (Å²) in [7, 11) is 13.6. The third kappa shape index (κ3) is 15.1. The van der Waals surface area contributed by atoms with E-state index in [0.717, 1.165) is 0 Å². The summed E-state index contributed by atoms with van der Waals surface area (Å²) in [5.74, 6) is 0. The molecule has 0 saturated carbocycles. The van der Waals surface area contributed by atoms with Crippen molar-refractivity contribution in [1.82, 2.24) is 0 Å². The molecular weight excluding hydrogens is 970 g/mol. The zero-order valence-corrected chi connectivity index (χ0v) is 40.9. The molecule has 0 unspecified atom stereocenters. The van der Waals surface area contributed by atoms with Crippen molar-refractivity contribution >= 4 is 115 Å². The van der Waals surface area contributed by atoms with Crippen molar-refractivity contribution < 1.29 is 0 Å². The van der Waals surface area contributed by atoms with Crippen LogP contribution in [0.4, 0.5) is 0 Å². The van der Waals surface area contributed by atoms with Gasteiger partial charge in [-0.05, 0) is 71.5 Å². The molecule has 0 aliphatic rings. The summed E-state index contributed by atoms with van der Waals surface area (Å²) < 4.78 is 0. The molecule has 0 aromatic heterocycles. The van der Waals surface area contributed by atoms with E-state index in [1.54, 1.807) is 0 Å². The third-order valence-electron chi connectivity index (χ3n) is 9.13.